The molecule has 104 valence electrons. The SMILES string of the molecule is CCC(C(=O)O)N(C)c1cc(C)c(F)cc1[N+](=O)[O-]. The number of carbonyl (C=O) groups is 1. The number of nitro benzene ring substituents is 1. The van der Waals surface area contributed by atoms with Crippen LogP contribution in [0.25, 0.3) is 0 Å². The van der Waals surface area contributed by atoms with Gasteiger partial charge < -0.3 is 10.0 Å². The first-order valence-corrected chi connectivity index (χ1v) is 5.69. The van der Waals surface area contributed by atoms with Gasteiger partial charge >= 0.3 is 5.97 Å². The number of hydrogen-bond donors (Lipinski definition) is 1. The van der Waals surface area contributed by atoms with Gasteiger partial charge in [-0.1, -0.05) is 6.92 Å². The molecule has 1 N–H and O–H groups in total. The molecule has 0 aliphatic rings. The molecule has 0 fully saturated rings. The van der Waals surface area contributed by atoms with Crippen molar-refractivity contribution in [3.8, 4) is 0 Å². The Balaban J connectivity index is 3.36. The van der Waals surface area contributed by atoms with Crippen LogP contribution < -0.4 is 4.90 Å². The predicted octanol–water partition coefficient (Wildman–Crippen LogP) is 2.34. The third-order valence-electron chi connectivity index (χ3n) is 2.97. The first-order valence-electron chi connectivity index (χ1n) is 5.69. The van der Waals surface area contributed by atoms with Crippen LogP contribution in [0.15, 0.2) is 12.1 Å². The Morgan fingerprint density at radius 3 is 2.58 bits per heavy atom. The molecule has 1 rings (SSSR count). The number of nitro groups is 1. The average molecular weight is 270 g/mol. The number of rotatable bonds is 5. The topological polar surface area (TPSA) is 83.7 Å². The number of aliphatic carboxylic acids is 1. The second kappa shape index (κ2) is 5.64. The Labute approximate surface area is 109 Å². The zero-order valence-corrected chi connectivity index (χ0v) is 10.9. The van der Waals surface area contributed by atoms with Gasteiger partial charge in [-0.25, -0.2) is 9.18 Å². The minimum Gasteiger partial charge on any atom is -0.480 e. The molecular weight excluding hydrogens is 255 g/mol. The van der Waals surface area contributed by atoms with Crippen LogP contribution in [0.3, 0.4) is 0 Å². The second-order valence-corrected chi connectivity index (χ2v) is 4.22. The van der Waals surface area contributed by atoms with E-state index in [4.69, 9.17) is 5.11 Å². The van der Waals surface area contributed by atoms with Gasteiger partial charge in [0.05, 0.1) is 11.0 Å². The number of hydrogen-bond acceptors (Lipinski definition) is 4. The maximum atomic E-state index is 13.4. The fraction of sp³-hybridized carbons (Fsp3) is 0.417. The Kier molecular flexibility index (Phi) is 4.42. The lowest BCUT2D eigenvalue weighted by Gasteiger charge is -2.25. The summed E-state index contributed by atoms with van der Waals surface area (Å²) in [6, 6.07) is 1.21. The van der Waals surface area contributed by atoms with Gasteiger partial charge in [0.1, 0.15) is 17.5 Å². The standard InChI is InChI=1S/C12H15FN2O4/c1-4-9(12(16)17)14(3)10-5-7(2)8(13)6-11(10)15(18)19/h5-6,9H,4H2,1-3H3,(H,16,17). The molecule has 1 atom stereocenters. The summed E-state index contributed by atoms with van der Waals surface area (Å²) >= 11 is 0. The molecule has 1 unspecified atom stereocenters. The number of nitrogens with zero attached hydrogens (tertiary/aromatic N) is 2. The zero-order valence-electron chi connectivity index (χ0n) is 10.9. The van der Waals surface area contributed by atoms with E-state index in [2.05, 4.69) is 0 Å². The van der Waals surface area contributed by atoms with Crippen molar-refractivity contribution in [3.63, 3.8) is 0 Å². The van der Waals surface area contributed by atoms with Crippen LogP contribution in [0.2, 0.25) is 0 Å². The highest BCUT2D eigenvalue weighted by Crippen LogP contribution is 2.31. The monoisotopic (exact) mass is 270 g/mol. The van der Waals surface area contributed by atoms with Crippen LogP contribution in [-0.4, -0.2) is 29.1 Å². The lowest BCUT2D eigenvalue weighted by molar-refractivity contribution is -0.384. The van der Waals surface area contributed by atoms with Crippen LogP contribution in [0, 0.1) is 22.9 Å². The van der Waals surface area contributed by atoms with Crippen molar-refractivity contribution in [2.24, 2.45) is 0 Å². The van der Waals surface area contributed by atoms with E-state index in [1.165, 1.54) is 24.9 Å². The summed E-state index contributed by atoms with van der Waals surface area (Å²) in [7, 11) is 1.45. The summed E-state index contributed by atoms with van der Waals surface area (Å²) in [4.78, 5) is 22.6. The van der Waals surface area contributed by atoms with Gasteiger partial charge in [0.25, 0.3) is 5.69 Å². The lowest BCUT2D eigenvalue weighted by atomic mass is 10.1. The lowest BCUT2D eigenvalue weighted by Crippen LogP contribution is -2.38. The highest BCUT2D eigenvalue weighted by Gasteiger charge is 2.27. The van der Waals surface area contributed by atoms with Crippen molar-refractivity contribution < 1.29 is 19.2 Å². The minimum absolute atomic E-state index is 0.0955. The molecule has 0 aromatic heterocycles. The number of likely N-dealkylation sites (N-methyl/N-ethyl adjacent to an activating group) is 1. The largest absolute Gasteiger partial charge is 0.480 e. The number of carboxylic acid groups (broad SMARTS) is 1. The summed E-state index contributed by atoms with van der Waals surface area (Å²) < 4.78 is 13.4. The molecule has 0 radical (unpaired) electrons. The van der Waals surface area contributed by atoms with E-state index in [9.17, 15) is 19.3 Å². The van der Waals surface area contributed by atoms with Crippen LogP contribution in [0.5, 0.6) is 0 Å². The van der Waals surface area contributed by atoms with E-state index in [1.807, 2.05) is 0 Å². The van der Waals surface area contributed by atoms with Crippen LogP contribution in [0.4, 0.5) is 15.8 Å². The maximum Gasteiger partial charge on any atom is 0.326 e. The molecule has 0 heterocycles. The number of halogens is 1. The van der Waals surface area contributed by atoms with Crippen molar-refractivity contribution in [1.82, 2.24) is 0 Å². The number of aryl methyl sites for hydroxylation is 1. The maximum absolute atomic E-state index is 13.4. The number of anilines is 1. The molecule has 0 amide bonds. The summed E-state index contributed by atoms with van der Waals surface area (Å²) in [6.45, 7) is 3.13. The highest BCUT2D eigenvalue weighted by atomic mass is 19.1. The summed E-state index contributed by atoms with van der Waals surface area (Å²) in [6.07, 6.45) is 0.277. The smallest absolute Gasteiger partial charge is 0.326 e. The molecule has 1 aromatic rings. The number of carboxylic acids is 1. The fourth-order valence-corrected chi connectivity index (χ4v) is 1.87. The molecule has 7 heteroatoms. The van der Waals surface area contributed by atoms with Crippen LogP contribution in [-0.2, 0) is 4.79 Å². The highest BCUT2D eigenvalue weighted by molar-refractivity contribution is 5.80. The van der Waals surface area contributed by atoms with Gasteiger partial charge in [0, 0.05) is 7.05 Å². The summed E-state index contributed by atoms with van der Waals surface area (Å²) in [5.74, 6) is -1.77. The molecule has 0 aliphatic heterocycles. The quantitative estimate of drug-likeness (QED) is 0.655. The zero-order chi connectivity index (χ0) is 14.7. The second-order valence-electron chi connectivity index (χ2n) is 4.22. The fourth-order valence-electron chi connectivity index (χ4n) is 1.87. The Morgan fingerprint density at radius 1 is 1.58 bits per heavy atom. The van der Waals surface area contributed by atoms with E-state index in [0.717, 1.165) is 6.07 Å². The van der Waals surface area contributed by atoms with Gasteiger partial charge in [0.15, 0.2) is 0 Å². The molecule has 6 nitrogen and oxygen atoms in total. The molecule has 0 bridgehead atoms. The Hall–Kier alpha value is -2.18. The van der Waals surface area contributed by atoms with Crippen molar-refractivity contribution in [2.75, 3.05) is 11.9 Å². The van der Waals surface area contributed by atoms with Crippen molar-refractivity contribution >= 4 is 17.3 Å². The third kappa shape index (κ3) is 2.98. The molecule has 0 aliphatic carbocycles. The molecular formula is C12H15FN2O4. The van der Waals surface area contributed by atoms with E-state index >= 15 is 0 Å². The van der Waals surface area contributed by atoms with Crippen LogP contribution >= 0.6 is 0 Å². The van der Waals surface area contributed by atoms with Gasteiger partial charge in [-0.2, -0.15) is 0 Å². The number of benzene rings is 1. The third-order valence-corrected chi connectivity index (χ3v) is 2.97. The normalized spacial score (nSPS) is 12.0. The average Bonchev–Trinajstić information content (AvgIpc) is 2.31. The predicted molar refractivity (Wildman–Crippen MR) is 67.9 cm³/mol. The molecule has 0 saturated carbocycles. The Bertz CT molecular complexity index is 519. The first-order chi connectivity index (χ1) is 8.79. The van der Waals surface area contributed by atoms with Crippen LogP contribution in [0.1, 0.15) is 18.9 Å². The molecule has 1 aromatic carbocycles. The minimum atomic E-state index is -1.08. The summed E-state index contributed by atoms with van der Waals surface area (Å²) in [5.41, 5.74) is -0.115. The van der Waals surface area contributed by atoms with E-state index in [-0.39, 0.29) is 17.7 Å². The van der Waals surface area contributed by atoms with Gasteiger partial charge in [-0.15, -0.1) is 0 Å². The van der Waals surface area contributed by atoms with Crippen molar-refractivity contribution in [2.45, 2.75) is 26.3 Å². The first kappa shape index (κ1) is 14.9. The van der Waals surface area contributed by atoms with Crippen molar-refractivity contribution in [3.05, 3.63) is 33.6 Å². The van der Waals surface area contributed by atoms with Gasteiger partial charge in [-0.05, 0) is 25.0 Å². The molecule has 0 spiro atoms. The van der Waals surface area contributed by atoms with E-state index < -0.39 is 28.4 Å². The van der Waals surface area contributed by atoms with E-state index in [1.54, 1.807) is 6.92 Å². The Morgan fingerprint density at radius 2 is 2.16 bits per heavy atom. The molecule has 19 heavy (non-hydrogen) atoms. The van der Waals surface area contributed by atoms with E-state index in [0.29, 0.717) is 0 Å². The van der Waals surface area contributed by atoms with Gasteiger partial charge in [0.2, 0.25) is 0 Å². The molecule has 0 saturated heterocycles. The van der Waals surface area contributed by atoms with Gasteiger partial charge in [-0.3, -0.25) is 10.1 Å². The summed E-state index contributed by atoms with van der Waals surface area (Å²) in [5, 5.41) is 20.0. The van der Waals surface area contributed by atoms with Crippen molar-refractivity contribution in [1.29, 1.82) is 0 Å².